The van der Waals surface area contributed by atoms with Crippen LogP contribution in [0.15, 0.2) is 53.6 Å². The van der Waals surface area contributed by atoms with Gasteiger partial charge in [-0.3, -0.25) is 14.2 Å². The van der Waals surface area contributed by atoms with Gasteiger partial charge in [0.15, 0.2) is 0 Å². The van der Waals surface area contributed by atoms with E-state index in [9.17, 15) is 18.4 Å². The molecule has 2 aromatic carbocycles. The first-order chi connectivity index (χ1) is 13.0. The molecule has 3 rings (SSSR count). The Hall–Kier alpha value is -2.74. The number of rotatable bonds is 7. The molecule has 1 heterocycles. The van der Waals surface area contributed by atoms with Gasteiger partial charge in [-0.05, 0) is 29.8 Å². The summed E-state index contributed by atoms with van der Waals surface area (Å²) < 4.78 is 28.0. The van der Waals surface area contributed by atoms with Crippen LogP contribution in [0.4, 0.5) is 8.78 Å². The van der Waals surface area contributed by atoms with Crippen molar-refractivity contribution in [3.8, 4) is 0 Å². The number of thioether (sulfide) groups is 1. The maximum absolute atomic E-state index is 13.5. The van der Waals surface area contributed by atoms with Crippen LogP contribution >= 0.6 is 11.8 Å². The minimum Gasteiger partial charge on any atom is -0.354 e. The van der Waals surface area contributed by atoms with Crippen LogP contribution in [0.2, 0.25) is 0 Å². The number of benzene rings is 2. The van der Waals surface area contributed by atoms with E-state index in [0.29, 0.717) is 29.1 Å². The Bertz CT molecular complexity index is 1020. The van der Waals surface area contributed by atoms with Gasteiger partial charge in [-0.1, -0.05) is 18.2 Å². The normalized spacial score (nSPS) is 10.9. The lowest BCUT2D eigenvalue weighted by atomic mass is 10.2. The van der Waals surface area contributed by atoms with Crippen molar-refractivity contribution in [1.29, 1.82) is 0 Å². The first-order valence-corrected chi connectivity index (χ1v) is 9.42. The molecule has 0 aliphatic carbocycles. The van der Waals surface area contributed by atoms with Gasteiger partial charge in [-0.2, -0.15) is 11.8 Å². The molecule has 0 radical (unpaired) electrons. The molecular formula is C19H17F2N3O2S. The molecule has 0 bridgehead atoms. The maximum Gasteiger partial charge on any atom is 0.261 e. The molecule has 3 aromatic rings. The molecule has 27 heavy (non-hydrogen) atoms. The Morgan fingerprint density at radius 2 is 2.00 bits per heavy atom. The van der Waals surface area contributed by atoms with Gasteiger partial charge in [0.25, 0.3) is 5.56 Å². The Balaban J connectivity index is 1.50. The highest BCUT2D eigenvalue weighted by Crippen LogP contribution is 2.14. The highest BCUT2D eigenvalue weighted by atomic mass is 32.2. The van der Waals surface area contributed by atoms with Gasteiger partial charge < -0.3 is 5.32 Å². The molecule has 5 nitrogen and oxygen atoms in total. The molecule has 1 aromatic heterocycles. The Kier molecular flexibility index (Phi) is 6.18. The summed E-state index contributed by atoms with van der Waals surface area (Å²) in [5.41, 5.74) is 0.529. The largest absolute Gasteiger partial charge is 0.354 e. The van der Waals surface area contributed by atoms with Crippen LogP contribution in [0.5, 0.6) is 0 Å². The molecule has 1 amide bonds. The number of hydrogen-bond acceptors (Lipinski definition) is 4. The van der Waals surface area contributed by atoms with Gasteiger partial charge in [0.05, 0.1) is 17.2 Å². The van der Waals surface area contributed by atoms with Crippen LogP contribution < -0.4 is 10.9 Å². The molecule has 0 saturated carbocycles. The van der Waals surface area contributed by atoms with E-state index in [1.807, 2.05) is 0 Å². The topological polar surface area (TPSA) is 64.0 Å². The van der Waals surface area contributed by atoms with Crippen LogP contribution in [0.25, 0.3) is 10.9 Å². The molecule has 0 unspecified atom stereocenters. The van der Waals surface area contributed by atoms with Crippen molar-refractivity contribution >= 4 is 28.6 Å². The van der Waals surface area contributed by atoms with Crippen molar-refractivity contribution in [2.24, 2.45) is 0 Å². The summed E-state index contributed by atoms with van der Waals surface area (Å²) in [5.74, 6) is 0.00321. The summed E-state index contributed by atoms with van der Waals surface area (Å²) in [4.78, 5) is 28.4. The fraction of sp³-hybridized carbons (Fsp3) is 0.211. The quantitative estimate of drug-likeness (QED) is 0.631. The van der Waals surface area contributed by atoms with Crippen LogP contribution in [-0.4, -0.2) is 27.8 Å². The lowest BCUT2D eigenvalue weighted by Gasteiger charge is -2.08. The molecule has 8 heteroatoms. The summed E-state index contributed by atoms with van der Waals surface area (Å²) >= 11 is 1.50. The zero-order valence-corrected chi connectivity index (χ0v) is 15.1. The molecule has 0 atom stereocenters. The third-order valence-corrected chi connectivity index (χ3v) is 4.89. The van der Waals surface area contributed by atoms with Gasteiger partial charge in [-0.25, -0.2) is 13.8 Å². The van der Waals surface area contributed by atoms with Gasteiger partial charge in [0, 0.05) is 18.1 Å². The van der Waals surface area contributed by atoms with Crippen molar-refractivity contribution in [2.45, 2.75) is 12.3 Å². The highest BCUT2D eigenvalue weighted by Gasteiger charge is 2.09. The number of hydrogen-bond donors (Lipinski definition) is 1. The molecular weight excluding hydrogens is 372 g/mol. The monoisotopic (exact) mass is 389 g/mol. The summed E-state index contributed by atoms with van der Waals surface area (Å²) in [5, 5.41) is 2.83. The standard InChI is InChI=1S/C19H17F2N3O2S/c20-14-5-6-17-15(9-14)19(26)24(12-23-17)10-18(25)22-7-8-27-11-13-3-1-2-4-16(13)21/h1-6,9,12H,7-8,10-11H2,(H,22,25). The Labute approximate surface area is 158 Å². The summed E-state index contributed by atoms with van der Waals surface area (Å²) in [6, 6.07) is 10.3. The molecule has 0 aliphatic heterocycles. The number of nitrogens with zero attached hydrogens (tertiary/aromatic N) is 2. The highest BCUT2D eigenvalue weighted by molar-refractivity contribution is 7.98. The van der Waals surface area contributed by atoms with Crippen LogP contribution in [0.3, 0.4) is 0 Å². The molecule has 0 spiro atoms. The van der Waals surface area contributed by atoms with Gasteiger partial charge in [-0.15, -0.1) is 0 Å². The van der Waals surface area contributed by atoms with E-state index >= 15 is 0 Å². The van der Waals surface area contributed by atoms with E-state index in [1.165, 1.54) is 36.3 Å². The van der Waals surface area contributed by atoms with Gasteiger partial charge >= 0.3 is 0 Å². The van der Waals surface area contributed by atoms with Crippen molar-refractivity contribution in [3.63, 3.8) is 0 Å². The molecule has 0 fully saturated rings. The number of nitrogens with one attached hydrogen (secondary N) is 1. The zero-order chi connectivity index (χ0) is 19.2. The number of halogens is 2. The predicted octanol–water partition coefficient (Wildman–Crippen LogP) is 2.72. The van der Waals surface area contributed by atoms with Crippen molar-refractivity contribution in [1.82, 2.24) is 14.9 Å². The second kappa shape index (κ2) is 8.77. The van der Waals surface area contributed by atoms with E-state index in [1.54, 1.807) is 18.2 Å². The molecule has 1 N–H and O–H groups in total. The predicted molar refractivity (Wildman–Crippen MR) is 102 cm³/mol. The second-order valence-corrected chi connectivity index (χ2v) is 6.94. The van der Waals surface area contributed by atoms with Crippen molar-refractivity contribution in [3.05, 3.63) is 76.3 Å². The SMILES string of the molecule is O=C(Cn1cnc2ccc(F)cc2c1=O)NCCSCc1ccccc1F. The first-order valence-electron chi connectivity index (χ1n) is 8.27. The minimum atomic E-state index is -0.532. The maximum atomic E-state index is 13.5. The molecule has 140 valence electrons. The number of amides is 1. The number of fused-ring (bicyclic) bond motifs is 1. The number of carbonyl (C=O) groups excluding carboxylic acids is 1. The van der Waals surface area contributed by atoms with E-state index in [2.05, 4.69) is 10.3 Å². The minimum absolute atomic E-state index is 0.130. The van der Waals surface area contributed by atoms with Gasteiger partial charge in [0.2, 0.25) is 5.91 Å². The average Bonchev–Trinajstić information content (AvgIpc) is 2.65. The van der Waals surface area contributed by atoms with E-state index in [0.717, 1.165) is 10.6 Å². The fourth-order valence-corrected chi connectivity index (χ4v) is 3.36. The van der Waals surface area contributed by atoms with Gasteiger partial charge in [0.1, 0.15) is 18.2 Å². The van der Waals surface area contributed by atoms with Crippen molar-refractivity contribution < 1.29 is 13.6 Å². The smallest absolute Gasteiger partial charge is 0.261 e. The fourth-order valence-electron chi connectivity index (χ4n) is 2.51. The van der Waals surface area contributed by atoms with Crippen LogP contribution in [-0.2, 0) is 17.1 Å². The average molecular weight is 389 g/mol. The Morgan fingerprint density at radius 3 is 2.81 bits per heavy atom. The summed E-state index contributed by atoms with van der Waals surface area (Å²) in [6.07, 6.45) is 1.27. The third-order valence-electron chi connectivity index (χ3n) is 3.88. The Morgan fingerprint density at radius 1 is 1.19 bits per heavy atom. The third kappa shape index (κ3) is 4.91. The lowest BCUT2D eigenvalue weighted by molar-refractivity contribution is -0.121. The van der Waals surface area contributed by atoms with E-state index in [-0.39, 0.29) is 23.7 Å². The lowest BCUT2D eigenvalue weighted by Crippen LogP contribution is -2.33. The molecule has 0 aliphatic rings. The first kappa shape index (κ1) is 19.0. The number of carbonyl (C=O) groups is 1. The molecule has 0 saturated heterocycles. The van der Waals surface area contributed by atoms with E-state index < -0.39 is 11.4 Å². The second-order valence-electron chi connectivity index (χ2n) is 5.83. The zero-order valence-electron chi connectivity index (χ0n) is 14.3. The van der Waals surface area contributed by atoms with E-state index in [4.69, 9.17) is 0 Å². The van der Waals surface area contributed by atoms with Crippen molar-refractivity contribution in [2.75, 3.05) is 12.3 Å². The van der Waals surface area contributed by atoms with Crippen LogP contribution in [0, 0.1) is 11.6 Å². The van der Waals surface area contributed by atoms with Crippen LogP contribution in [0.1, 0.15) is 5.56 Å². The summed E-state index contributed by atoms with van der Waals surface area (Å²) in [6.45, 7) is 0.193. The summed E-state index contributed by atoms with van der Waals surface area (Å²) in [7, 11) is 0. The number of aromatic nitrogens is 2.